The number of benzene rings is 2. The van der Waals surface area contributed by atoms with Gasteiger partial charge in [-0.3, -0.25) is 4.90 Å². The van der Waals surface area contributed by atoms with Crippen molar-refractivity contribution in [1.29, 1.82) is 0 Å². The summed E-state index contributed by atoms with van der Waals surface area (Å²) in [6.45, 7) is 2.49. The number of ether oxygens (including phenoxy) is 2. The standard InChI is InChI=1S/C29H30ClFN2O5/c1-17-14-18(2-9-26(17)37-13-11-21(35)16-34)28-27-23(24-15-19(30)3-8-25(24)32-27)10-12-33(28)29(36)38-22-6-4-20(31)5-7-22/h2-9,15,17,21,28,32,34-35H,10-14,16H2,1H3. The Balaban J connectivity index is 1.47. The number of halogens is 2. The lowest BCUT2D eigenvalue weighted by atomic mass is 9.84. The molecular formula is C29H30ClFN2O5. The van der Waals surface area contributed by atoms with Crippen molar-refractivity contribution < 1.29 is 28.9 Å². The first-order valence-corrected chi connectivity index (χ1v) is 13.1. The molecule has 38 heavy (non-hydrogen) atoms. The van der Waals surface area contributed by atoms with E-state index in [-0.39, 0.29) is 18.3 Å². The van der Waals surface area contributed by atoms with Gasteiger partial charge in [0.25, 0.3) is 0 Å². The second kappa shape index (κ2) is 11.2. The van der Waals surface area contributed by atoms with Gasteiger partial charge in [0.2, 0.25) is 0 Å². The molecule has 1 amide bonds. The summed E-state index contributed by atoms with van der Waals surface area (Å²) >= 11 is 6.30. The lowest BCUT2D eigenvalue weighted by Crippen LogP contribution is -2.43. The van der Waals surface area contributed by atoms with Gasteiger partial charge in [0.05, 0.1) is 31.1 Å². The summed E-state index contributed by atoms with van der Waals surface area (Å²) in [5.41, 5.74) is 4.02. The van der Waals surface area contributed by atoms with E-state index in [0.29, 0.717) is 37.4 Å². The monoisotopic (exact) mass is 540 g/mol. The largest absolute Gasteiger partial charge is 0.498 e. The van der Waals surface area contributed by atoms with Gasteiger partial charge in [0.15, 0.2) is 0 Å². The van der Waals surface area contributed by atoms with E-state index in [2.05, 4.69) is 11.9 Å². The van der Waals surface area contributed by atoms with Crippen molar-refractivity contribution in [3.8, 4) is 5.75 Å². The Labute approximate surface area is 225 Å². The first-order valence-electron chi connectivity index (χ1n) is 12.7. The lowest BCUT2D eigenvalue weighted by molar-refractivity contribution is 0.0603. The van der Waals surface area contributed by atoms with Gasteiger partial charge in [-0.05, 0) is 72.5 Å². The van der Waals surface area contributed by atoms with Gasteiger partial charge in [0, 0.05) is 40.5 Å². The Kier molecular flexibility index (Phi) is 7.74. The maximum atomic E-state index is 13.4. The molecule has 2 heterocycles. The highest BCUT2D eigenvalue weighted by molar-refractivity contribution is 6.31. The summed E-state index contributed by atoms with van der Waals surface area (Å²) in [7, 11) is 0. The number of hydrogen-bond acceptors (Lipinski definition) is 5. The second-order valence-electron chi connectivity index (χ2n) is 9.76. The Hall–Kier alpha value is -3.33. The zero-order valence-corrected chi connectivity index (χ0v) is 21.7. The van der Waals surface area contributed by atoms with Crippen molar-refractivity contribution in [2.24, 2.45) is 5.92 Å². The van der Waals surface area contributed by atoms with Crippen molar-refractivity contribution in [2.75, 3.05) is 19.8 Å². The normalized spacial score (nSPS) is 20.0. The Bertz CT molecular complexity index is 1380. The van der Waals surface area contributed by atoms with Gasteiger partial charge in [-0.15, -0.1) is 0 Å². The minimum atomic E-state index is -0.808. The molecule has 200 valence electrons. The molecule has 5 rings (SSSR count). The maximum absolute atomic E-state index is 13.4. The Morgan fingerprint density at radius 1 is 1.24 bits per heavy atom. The zero-order chi connectivity index (χ0) is 26.8. The molecule has 0 saturated heterocycles. The van der Waals surface area contributed by atoms with Crippen LogP contribution in [0.25, 0.3) is 10.9 Å². The number of aromatic amines is 1. The molecule has 0 radical (unpaired) electrons. The molecule has 1 aliphatic heterocycles. The predicted molar refractivity (Wildman–Crippen MR) is 142 cm³/mol. The Morgan fingerprint density at radius 3 is 2.76 bits per heavy atom. The number of allylic oxidation sites excluding steroid dienone is 3. The number of fused-ring (bicyclic) bond motifs is 3. The molecule has 1 aromatic heterocycles. The molecule has 1 aliphatic carbocycles. The third-order valence-electron chi connectivity index (χ3n) is 7.11. The number of aliphatic hydroxyl groups is 2. The second-order valence-corrected chi connectivity index (χ2v) is 10.2. The summed E-state index contributed by atoms with van der Waals surface area (Å²) in [5.74, 6) is 0.703. The first-order chi connectivity index (χ1) is 18.3. The molecule has 3 unspecified atom stereocenters. The molecule has 0 spiro atoms. The lowest BCUT2D eigenvalue weighted by Gasteiger charge is -2.38. The van der Waals surface area contributed by atoms with E-state index >= 15 is 0 Å². The number of hydrogen-bond donors (Lipinski definition) is 3. The summed E-state index contributed by atoms with van der Waals surface area (Å²) in [6, 6.07) is 10.7. The third kappa shape index (κ3) is 5.43. The highest BCUT2D eigenvalue weighted by Gasteiger charge is 2.38. The molecule has 0 saturated carbocycles. The predicted octanol–water partition coefficient (Wildman–Crippen LogP) is 5.67. The van der Waals surface area contributed by atoms with Crippen LogP contribution in [0.2, 0.25) is 5.02 Å². The van der Waals surface area contributed by atoms with Crippen molar-refractivity contribution >= 4 is 28.6 Å². The number of rotatable bonds is 7. The van der Waals surface area contributed by atoms with Gasteiger partial charge < -0.3 is 24.7 Å². The van der Waals surface area contributed by atoms with Crippen LogP contribution >= 0.6 is 11.6 Å². The van der Waals surface area contributed by atoms with Crippen molar-refractivity contribution in [2.45, 2.75) is 38.3 Å². The van der Waals surface area contributed by atoms with Crippen LogP contribution in [0.4, 0.5) is 9.18 Å². The average molecular weight is 541 g/mol. The SMILES string of the molecule is CC1CC(C2c3[nH]c4ccc(Cl)cc4c3CCN2C(=O)Oc2ccc(F)cc2)=CC=C1OCCC(O)CO. The molecule has 3 N–H and O–H groups in total. The highest BCUT2D eigenvalue weighted by atomic mass is 35.5. The van der Waals surface area contributed by atoms with Crippen LogP contribution in [0.3, 0.4) is 0 Å². The third-order valence-corrected chi connectivity index (χ3v) is 7.35. The van der Waals surface area contributed by atoms with Crippen LogP contribution in [0.15, 0.2) is 65.9 Å². The number of nitrogens with one attached hydrogen (secondary N) is 1. The van der Waals surface area contributed by atoms with E-state index in [4.69, 9.17) is 26.2 Å². The van der Waals surface area contributed by atoms with Crippen molar-refractivity contribution in [1.82, 2.24) is 9.88 Å². The molecule has 2 aliphatic rings. The molecular weight excluding hydrogens is 511 g/mol. The fraction of sp³-hybridized carbons (Fsp3) is 0.345. The topological polar surface area (TPSA) is 95.0 Å². The van der Waals surface area contributed by atoms with Crippen LogP contribution < -0.4 is 4.74 Å². The Morgan fingerprint density at radius 2 is 2.03 bits per heavy atom. The number of amides is 1. The van der Waals surface area contributed by atoms with Crippen LogP contribution in [0.1, 0.15) is 37.1 Å². The molecule has 0 bridgehead atoms. The molecule has 3 aromatic rings. The minimum absolute atomic E-state index is 0.0421. The number of carbonyl (C=O) groups excluding carboxylic acids is 1. The molecule has 7 nitrogen and oxygen atoms in total. The van der Waals surface area contributed by atoms with Gasteiger partial charge in [0.1, 0.15) is 11.6 Å². The van der Waals surface area contributed by atoms with Crippen molar-refractivity contribution in [3.63, 3.8) is 0 Å². The van der Waals surface area contributed by atoms with Gasteiger partial charge >= 0.3 is 6.09 Å². The number of carbonyl (C=O) groups is 1. The first kappa shape index (κ1) is 26.3. The van der Waals surface area contributed by atoms with E-state index in [1.165, 1.54) is 24.3 Å². The smallest absolute Gasteiger partial charge is 0.416 e. The summed E-state index contributed by atoms with van der Waals surface area (Å²) in [5, 5.41) is 20.3. The average Bonchev–Trinajstić information content (AvgIpc) is 3.28. The van der Waals surface area contributed by atoms with Gasteiger partial charge in [-0.1, -0.05) is 24.6 Å². The van der Waals surface area contributed by atoms with E-state index in [1.54, 1.807) is 4.90 Å². The summed E-state index contributed by atoms with van der Waals surface area (Å²) in [6.07, 6.45) is 4.18. The highest BCUT2D eigenvalue weighted by Crippen LogP contribution is 2.43. The number of aliphatic hydroxyl groups excluding tert-OH is 2. The fourth-order valence-electron chi connectivity index (χ4n) is 5.18. The summed E-state index contributed by atoms with van der Waals surface area (Å²) in [4.78, 5) is 18.7. The van der Waals surface area contributed by atoms with E-state index in [0.717, 1.165) is 33.5 Å². The van der Waals surface area contributed by atoms with E-state index < -0.39 is 24.1 Å². The molecule has 0 fully saturated rings. The van der Waals surface area contributed by atoms with Crippen LogP contribution in [-0.2, 0) is 11.2 Å². The molecule has 9 heteroatoms. The van der Waals surface area contributed by atoms with Gasteiger partial charge in [-0.25, -0.2) is 9.18 Å². The van der Waals surface area contributed by atoms with Crippen LogP contribution in [0.5, 0.6) is 5.75 Å². The number of H-pyrrole nitrogens is 1. The van der Waals surface area contributed by atoms with Crippen LogP contribution in [0, 0.1) is 11.7 Å². The zero-order valence-electron chi connectivity index (χ0n) is 21.0. The van der Waals surface area contributed by atoms with Crippen LogP contribution in [-0.4, -0.2) is 52.1 Å². The summed E-state index contributed by atoms with van der Waals surface area (Å²) < 4.78 is 24.9. The maximum Gasteiger partial charge on any atom is 0.416 e. The van der Waals surface area contributed by atoms with E-state index in [1.807, 2.05) is 30.4 Å². The van der Waals surface area contributed by atoms with E-state index in [9.17, 15) is 14.3 Å². The van der Waals surface area contributed by atoms with Crippen molar-refractivity contribution in [3.05, 3.63) is 88.0 Å². The molecule has 3 atom stereocenters. The fourth-order valence-corrected chi connectivity index (χ4v) is 5.35. The quantitative estimate of drug-likeness (QED) is 0.359. The molecule has 2 aromatic carbocycles. The number of nitrogens with zero attached hydrogens (tertiary/aromatic N) is 1. The minimum Gasteiger partial charge on any atom is -0.498 e. The van der Waals surface area contributed by atoms with Gasteiger partial charge in [-0.2, -0.15) is 0 Å². The number of aromatic nitrogens is 1.